The summed E-state index contributed by atoms with van der Waals surface area (Å²) in [5, 5.41) is 3.45. The van der Waals surface area contributed by atoms with Crippen LogP contribution in [0.25, 0.3) is 0 Å². The van der Waals surface area contributed by atoms with Gasteiger partial charge in [0.05, 0.1) is 6.54 Å². The zero-order chi connectivity index (χ0) is 13.4. The van der Waals surface area contributed by atoms with E-state index in [0.717, 1.165) is 32.7 Å². The van der Waals surface area contributed by atoms with Gasteiger partial charge in [-0.15, -0.1) is 17.8 Å². The second kappa shape index (κ2) is 8.31. The molecule has 0 fully saturated rings. The lowest BCUT2D eigenvalue weighted by atomic mass is 10.2. The Bertz CT molecular complexity index is 390. The maximum atomic E-state index is 5.38. The minimum Gasteiger partial charge on any atom is -0.312 e. The molecule has 1 aromatic heterocycles. The lowest BCUT2D eigenvalue weighted by Crippen LogP contribution is -2.23. The van der Waals surface area contributed by atoms with Crippen molar-refractivity contribution in [3.63, 3.8) is 0 Å². The van der Waals surface area contributed by atoms with Crippen LogP contribution < -0.4 is 5.32 Å². The van der Waals surface area contributed by atoms with Crippen molar-refractivity contribution in [2.75, 3.05) is 19.6 Å². The lowest BCUT2D eigenvalue weighted by molar-refractivity contribution is 0.316. The van der Waals surface area contributed by atoms with Crippen LogP contribution in [0, 0.1) is 19.3 Å². The van der Waals surface area contributed by atoms with E-state index in [-0.39, 0.29) is 0 Å². The summed E-state index contributed by atoms with van der Waals surface area (Å²) in [6.45, 7) is 11.3. The fourth-order valence-electron chi connectivity index (χ4n) is 1.87. The first-order chi connectivity index (χ1) is 8.71. The molecule has 18 heavy (non-hydrogen) atoms. The van der Waals surface area contributed by atoms with Crippen LogP contribution in [0.1, 0.15) is 35.6 Å². The van der Waals surface area contributed by atoms with Crippen molar-refractivity contribution in [2.24, 2.45) is 0 Å². The Labute approximate surface area is 115 Å². The number of aryl methyl sites for hydroxylation is 1. The normalized spacial score (nSPS) is 10.8. The van der Waals surface area contributed by atoms with Crippen molar-refractivity contribution in [3.05, 3.63) is 21.4 Å². The zero-order valence-electron chi connectivity index (χ0n) is 11.8. The van der Waals surface area contributed by atoms with E-state index in [1.54, 1.807) is 0 Å². The second-order valence-electron chi connectivity index (χ2n) is 4.48. The molecule has 0 spiro atoms. The average molecular weight is 264 g/mol. The molecular formula is C15H24N2S. The third kappa shape index (κ3) is 4.81. The van der Waals surface area contributed by atoms with Gasteiger partial charge in [0.25, 0.3) is 0 Å². The van der Waals surface area contributed by atoms with Crippen LogP contribution in [0.5, 0.6) is 0 Å². The molecule has 1 aromatic rings. The first-order valence-electron chi connectivity index (χ1n) is 6.65. The predicted molar refractivity (Wildman–Crippen MR) is 80.8 cm³/mol. The molecule has 0 aliphatic carbocycles. The molecule has 0 aromatic carbocycles. The quantitative estimate of drug-likeness (QED) is 0.573. The van der Waals surface area contributed by atoms with Crippen molar-refractivity contribution in [2.45, 2.75) is 40.3 Å². The van der Waals surface area contributed by atoms with Gasteiger partial charge in [-0.3, -0.25) is 4.90 Å². The molecule has 1 N–H and O–H groups in total. The van der Waals surface area contributed by atoms with Crippen LogP contribution in [0.15, 0.2) is 6.07 Å². The third-order valence-corrected chi connectivity index (χ3v) is 4.05. The van der Waals surface area contributed by atoms with Gasteiger partial charge < -0.3 is 5.32 Å². The van der Waals surface area contributed by atoms with E-state index < -0.39 is 0 Å². The van der Waals surface area contributed by atoms with E-state index >= 15 is 0 Å². The van der Waals surface area contributed by atoms with Gasteiger partial charge in [-0.05, 0) is 38.1 Å². The zero-order valence-corrected chi connectivity index (χ0v) is 12.6. The number of hydrogen-bond acceptors (Lipinski definition) is 3. The van der Waals surface area contributed by atoms with Gasteiger partial charge in [-0.1, -0.05) is 19.8 Å². The summed E-state index contributed by atoms with van der Waals surface area (Å²) in [5.74, 6) is 2.72. The van der Waals surface area contributed by atoms with Crippen molar-refractivity contribution < 1.29 is 0 Å². The molecule has 2 nitrogen and oxygen atoms in total. The van der Waals surface area contributed by atoms with Crippen LogP contribution in [-0.4, -0.2) is 24.5 Å². The van der Waals surface area contributed by atoms with Crippen molar-refractivity contribution in [1.82, 2.24) is 10.2 Å². The Balaban J connectivity index is 2.58. The Kier molecular flexibility index (Phi) is 7.04. The fourth-order valence-corrected chi connectivity index (χ4v) is 2.89. The van der Waals surface area contributed by atoms with Gasteiger partial charge in [0.2, 0.25) is 0 Å². The van der Waals surface area contributed by atoms with Crippen molar-refractivity contribution >= 4 is 11.3 Å². The fraction of sp³-hybridized carbons (Fsp3) is 0.600. The largest absolute Gasteiger partial charge is 0.312 e. The summed E-state index contributed by atoms with van der Waals surface area (Å²) in [4.78, 5) is 5.13. The molecule has 0 unspecified atom stereocenters. The summed E-state index contributed by atoms with van der Waals surface area (Å²) in [7, 11) is 0. The molecule has 0 amide bonds. The van der Waals surface area contributed by atoms with E-state index in [1.807, 2.05) is 11.3 Å². The molecule has 0 saturated carbocycles. The van der Waals surface area contributed by atoms with Crippen LogP contribution in [0.2, 0.25) is 0 Å². The molecule has 0 aliphatic rings. The van der Waals surface area contributed by atoms with E-state index in [1.165, 1.54) is 21.7 Å². The number of terminal acetylenes is 1. The summed E-state index contributed by atoms with van der Waals surface area (Å²) >= 11 is 1.89. The summed E-state index contributed by atoms with van der Waals surface area (Å²) in [6, 6.07) is 2.32. The van der Waals surface area contributed by atoms with E-state index in [2.05, 4.69) is 43.0 Å². The maximum absolute atomic E-state index is 5.38. The predicted octanol–water partition coefficient (Wildman–Crippen LogP) is 3.01. The Hall–Kier alpha value is -0.820. The molecule has 0 atom stereocenters. The first-order valence-corrected chi connectivity index (χ1v) is 7.47. The summed E-state index contributed by atoms with van der Waals surface area (Å²) in [6.07, 6.45) is 6.57. The highest BCUT2D eigenvalue weighted by molar-refractivity contribution is 7.12. The number of rotatable bonds is 8. The summed E-state index contributed by atoms with van der Waals surface area (Å²) < 4.78 is 0. The molecule has 0 bridgehead atoms. The van der Waals surface area contributed by atoms with Crippen LogP contribution in [0.4, 0.5) is 0 Å². The Morgan fingerprint density at radius 1 is 1.44 bits per heavy atom. The van der Waals surface area contributed by atoms with Gasteiger partial charge >= 0.3 is 0 Å². The minimum atomic E-state index is 0.731. The van der Waals surface area contributed by atoms with Gasteiger partial charge in [-0.25, -0.2) is 0 Å². The molecule has 1 heterocycles. The van der Waals surface area contributed by atoms with E-state index in [4.69, 9.17) is 6.42 Å². The van der Waals surface area contributed by atoms with E-state index in [9.17, 15) is 0 Å². The molecular weight excluding hydrogens is 240 g/mol. The smallest absolute Gasteiger partial charge is 0.0601 e. The lowest BCUT2D eigenvalue weighted by Gasteiger charge is -2.16. The molecule has 1 rings (SSSR count). The number of nitrogens with one attached hydrogen (secondary N) is 1. The highest BCUT2D eigenvalue weighted by Crippen LogP contribution is 2.22. The third-order valence-electron chi connectivity index (χ3n) is 2.95. The standard InChI is InChI=1S/C15H24N2S/c1-5-8-16-11-15-10-14(13(4)18-15)12-17(7-3)9-6-2/h2,10,16H,5,7-9,11-12H2,1,3-4H3. The van der Waals surface area contributed by atoms with Crippen molar-refractivity contribution in [3.8, 4) is 12.3 Å². The average Bonchev–Trinajstić information content (AvgIpc) is 2.70. The number of nitrogens with zero attached hydrogens (tertiary/aromatic N) is 1. The van der Waals surface area contributed by atoms with Crippen LogP contribution in [0.3, 0.4) is 0 Å². The summed E-state index contributed by atoms with van der Waals surface area (Å²) in [5.41, 5.74) is 1.42. The van der Waals surface area contributed by atoms with Crippen LogP contribution >= 0.6 is 11.3 Å². The Morgan fingerprint density at radius 3 is 2.83 bits per heavy atom. The monoisotopic (exact) mass is 264 g/mol. The van der Waals surface area contributed by atoms with Gasteiger partial charge in [0.1, 0.15) is 0 Å². The number of thiophene rings is 1. The molecule has 100 valence electrons. The van der Waals surface area contributed by atoms with Gasteiger partial charge in [-0.2, -0.15) is 0 Å². The maximum Gasteiger partial charge on any atom is 0.0601 e. The highest BCUT2D eigenvalue weighted by Gasteiger charge is 2.08. The molecule has 0 aliphatic heterocycles. The topological polar surface area (TPSA) is 15.3 Å². The Morgan fingerprint density at radius 2 is 2.22 bits per heavy atom. The van der Waals surface area contributed by atoms with E-state index in [0.29, 0.717) is 0 Å². The second-order valence-corrected chi connectivity index (χ2v) is 5.82. The van der Waals surface area contributed by atoms with Crippen LogP contribution in [-0.2, 0) is 13.1 Å². The first kappa shape index (κ1) is 15.2. The molecule has 3 heteroatoms. The molecule has 0 saturated heterocycles. The van der Waals surface area contributed by atoms with Gasteiger partial charge in [0, 0.05) is 22.8 Å². The minimum absolute atomic E-state index is 0.731. The van der Waals surface area contributed by atoms with Gasteiger partial charge in [0.15, 0.2) is 0 Å². The highest BCUT2D eigenvalue weighted by atomic mass is 32.1. The SMILES string of the molecule is C#CCN(CC)Cc1cc(CNCCC)sc1C. The van der Waals surface area contributed by atoms with Crippen molar-refractivity contribution in [1.29, 1.82) is 0 Å². The number of hydrogen-bond donors (Lipinski definition) is 1. The molecule has 0 radical (unpaired) electrons.